The number of rotatable bonds is 6. The first-order valence-corrected chi connectivity index (χ1v) is 11.0. The highest BCUT2D eigenvalue weighted by Crippen LogP contribution is 2.27. The van der Waals surface area contributed by atoms with Crippen LogP contribution in [0.25, 0.3) is 0 Å². The van der Waals surface area contributed by atoms with Crippen molar-refractivity contribution < 1.29 is 22.7 Å². The number of para-hydroxylation sites is 1. The monoisotopic (exact) mass is 442 g/mol. The van der Waals surface area contributed by atoms with Gasteiger partial charge in [0.15, 0.2) is 0 Å². The van der Waals surface area contributed by atoms with E-state index in [1.807, 2.05) is 6.07 Å². The molecule has 0 saturated carbocycles. The maximum atomic E-state index is 13.0. The molecule has 10 heteroatoms. The molecule has 1 saturated heterocycles. The molecular weight excluding hydrogens is 420 g/mol. The first-order chi connectivity index (χ1) is 14.9. The first-order valence-electron chi connectivity index (χ1n) is 9.61. The van der Waals surface area contributed by atoms with E-state index in [1.54, 1.807) is 24.3 Å². The minimum absolute atomic E-state index is 0.00152. The molecule has 1 atom stereocenters. The van der Waals surface area contributed by atoms with Crippen LogP contribution in [-0.2, 0) is 19.6 Å². The van der Waals surface area contributed by atoms with Crippen molar-refractivity contribution in [3.63, 3.8) is 0 Å². The molecule has 1 aliphatic heterocycles. The molecular formula is C21H22N4O5S. The summed E-state index contributed by atoms with van der Waals surface area (Å²) in [5.41, 5.74) is 0.464. The van der Waals surface area contributed by atoms with Crippen LogP contribution in [0.2, 0.25) is 0 Å². The van der Waals surface area contributed by atoms with E-state index in [-0.39, 0.29) is 22.7 Å². The van der Waals surface area contributed by atoms with Crippen molar-refractivity contribution in [3.05, 3.63) is 54.1 Å². The summed E-state index contributed by atoms with van der Waals surface area (Å²) in [4.78, 5) is 24.5. The fourth-order valence-corrected chi connectivity index (χ4v) is 5.06. The van der Waals surface area contributed by atoms with Crippen LogP contribution < -0.4 is 15.4 Å². The number of carbonyl (C=O) groups is 2. The van der Waals surface area contributed by atoms with Gasteiger partial charge in [0.1, 0.15) is 11.8 Å². The third kappa shape index (κ3) is 5.02. The van der Waals surface area contributed by atoms with Gasteiger partial charge in [-0.05, 0) is 49.2 Å². The minimum atomic E-state index is -3.75. The molecule has 0 aromatic heterocycles. The molecule has 0 spiro atoms. The van der Waals surface area contributed by atoms with Crippen molar-refractivity contribution in [2.75, 3.05) is 25.5 Å². The molecule has 162 valence electrons. The van der Waals surface area contributed by atoms with E-state index < -0.39 is 27.9 Å². The Balaban J connectivity index is 1.63. The van der Waals surface area contributed by atoms with Crippen molar-refractivity contribution in [1.82, 2.24) is 9.62 Å². The van der Waals surface area contributed by atoms with Gasteiger partial charge in [0.2, 0.25) is 10.0 Å². The topological polar surface area (TPSA) is 129 Å². The molecule has 2 aromatic carbocycles. The predicted octanol–water partition coefficient (Wildman–Crippen LogP) is 1.47. The van der Waals surface area contributed by atoms with Crippen LogP contribution in [0.3, 0.4) is 0 Å². The summed E-state index contributed by atoms with van der Waals surface area (Å²) in [7, 11) is -2.25. The Morgan fingerprint density at radius 1 is 1.16 bits per heavy atom. The maximum absolute atomic E-state index is 13.0. The average Bonchev–Trinajstić information content (AvgIpc) is 3.27. The maximum Gasteiger partial charge on any atom is 0.313 e. The second-order valence-electron chi connectivity index (χ2n) is 6.91. The Bertz CT molecular complexity index is 1110. The van der Waals surface area contributed by atoms with Crippen LogP contribution in [0.5, 0.6) is 5.75 Å². The number of nitrogens with zero attached hydrogens (tertiary/aromatic N) is 2. The van der Waals surface area contributed by atoms with Crippen LogP contribution in [0.15, 0.2) is 53.4 Å². The molecule has 2 N–H and O–H groups in total. The Labute approximate surface area is 180 Å². The SMILES string of the molecule is COc1ccc(S(=O)(=O)N2CCC[C@H]2CNC(=O)C(=O)Nc2ccccc2C#N)cc1. The van der Waals surface area contributed by atoms with E-state index >= 15 is 0 Å². The number of nitriles is 1. The Morgan fingerprint density at radius 2 is 1.87 bits per heavy atom. The van der Waals surface area contributed by atoms with Gasteiger partial charge in [-0.25, -0.2) is 8.42 Å². The Kier molecular flexibility index (Phi) is 6.89. The molecule has 3 rings (SSSR count). The summed E-state index contributed by atoms with van der Waals surface area (Å²) in [5.74, 6) is -1.28. The zero-order valence-corrected chi connectivity index (χ0v) is 17.7. The number of carbonyl (C=O) groups excluding carboxylic acids is 2. The van der Waals surface area contributed by atoms with E-state index in [2.05, 4.69) is 10.6 Å². The van der Waals surface area contributed by atoms with E-state index in [0.29, 0.717) is 25.1 Å². The number of nitrogens with one attached hydrogen (secondary N) is 2. The molecule has 0 unspecified atom stereocenters. The van der Waals surface area contributed by atoms with Crippen molar-refractivity contribution in [3.8, 4) is 11.8 Å². The number of ether oxygens (including phenoxy) is 1. The van der Waals surface area contributed by atoms with Gasteiger partial charge in [-0.15, -0.1) is 0 Å². The van der Waals surface area contributed by atoms with Crippen LogP contribution in [-0.4, -0.2) is 50.8 Å². The molecule has 31 heavy (non-hydrogen) atoms. The van der Waals surface area contributed by atoms with Crippen molar-refractivity contribution in [1.29, 1.82) is 5.26 Å². The summed E-state index contributed by atoms with van der Waals surface area (Å²) < 4.78 is 32.4. The highest BCUT2D eigenvalue weighted by molar-refractivity contribution is 7.89. The fraction of sp³-hybridized carbons (Fsp3) is 0.286. The van der Waals surface area contributed by atoms with Gasteiger partial charge in [0.25, 0.3) is 0 Å². The van der Waals surface area contributed by atoms with Gasteiger partial charge in [0.05, 0.1) is 23.3 Å². The van der Waals surface area contributed by atoms with Gasteiger partial charge in [0, 0.05) is 19.1 Å². The lowest BCUT2D eigenvalue weighted by Crippen LogP contribution is -2.45. The van der Waals surface area contributed by atoms with Gasteiger partial charge in [-0.2, -0.15) is 9.57 Å². The Morgan fingerprint density at radius 3 is 2.55 bits per heavy atom. The van der Waals surface area contributed by atoms with Gasteiger partial charge >= 0.3 is 11.8 Å². The predicted molar refractivity (Wildman–Crippen MR) is 113 cm³/mol. The number of methoxy groups -OCH3 is 1. The summed E-state index contributed by atoms with van der Waals surface area (Å²) in [5, 5.41) is 14.0. The third-order valence-corrected chi connectivity index (χ3v) is 6.96. The lowest BCUT2D eigenvalue weighted by atomic mass is 10.2. The van der Waals surface area contributed by atoms with E-state index in [1.165, 1.54) is 35.7 Å². The molecule has 1 heterocycles. The quantitative estimate of drug-likeness (QED) is 0.652. The zero-order valence-electron chi connectivity index (χ0n) is 16.9. The summed E-state index contributed by atoms with van der Waals surface area (Å²) in [6, 6.07) is 13.9. The molecule has 1 fully saturated rings. The van der Waals surface area contributed by atoms with Crippen molar-refractivity contribution in [2.24, 2.45) is 0 Å². The number of sulfonamides is 1. The van der Waals surface area contributed by atoms with Crippen LogP contribution in [0, 0.1) is 11.3 Å². The minimum Gasteiger partial charge on any atom is -0.497 e. The second kappa shape index (κ2) is 9.59. The summed E-state index contributed by atoms with van der Waals surface area (Å²) in [6.07, 6.45) is 1.21. The normalized spacial score (nSPS) is 16.3. The molecule has 9 nitrogen and oxygen atoms in total. The molecule has 2 amide bonds. The van der Waals surface area contributed by atoms with Crippen molar-refractivity contribution in [2.45, 2.75) is 23.8 Å². The van der Waals surface area contributed by atoms with Crippen LogP contribution in [0.1, 0.15) is 18.4 Å². The number of benzene rings is 2. The molecule has 0 bridgehead atoms. The third-order valence-electron chi connectivity index (χ3n) is 4.99. The first kappa shape index (κ1) is 22.3. The second-order valence-corrected chi connectivity index (χ2v) is 8.80. The molecule has 0 radical (unpaired) electrons. The fourth-order valence-electron chi connectivity index (χ4n) is 3.37. The van der Waals surface area contributed by atoms with Crippen molar-refractivity contribution >= 4 is 27.5 Å². The summed E-state index contributed by atoms with van der Waals surface area (Å²) >= 11 is 0. The Hall–Kier alpha value is -3.42. The standard InChI is InChI=1S/C21H22N4O5S/c1-30-17-8-10-18(11-9-17)31(28,29)25-12-4-6-16(25)14-23-20(26)21(27)24-19-7-3-2-5-15(19)13-22/h2-3,5,7-11,16H,4,6,12,14H2,1H3,(H,23,26)(H,24,27)/t16-/m0/s1. The van der Waals surface area contributed by atoms with Crippen LogP contribution >= 0.6 is 0 Å². The lowest BCUT2D eigenvalue weighted by Gasteiger charge is -2.24. The van der Waals surface area contributed by atoms with Gasteiger partial charge < -0.3 is 15.4 Å². The van der Waals surface area contributed by atoms with Crippen LogP contribution in [0.4, 0.5) is 5.69 Å². The number of amides is 2. The summed E-state index contributed by atoms with van der Waals surface area (Å²) in [6.45, 7) is 0.332. The number of hydrogen-bond acceptors (Lipinski definition) is 6. The van der Waals surface area contributed by atoms with E-state index in [9.17, 15) is 18.0 Å². The van der Waals surface area contributed by atoms with E-state index in [0.717, 1.165) is 0 Å². The lowest BCUT2D eigenvalue weighted by molar-refractivity contribution is -0.136. The largest absolute Gasteiger partial charge is 0.497 e. The molecule has 2 aromatic rings. The van der Waals surface area contributed by atoms with E-state index in [4.69, 9.17) is 10.00 Å². The number of hydrogen-bond donors (Lipinski definition) is 2. The average molecular weight is 442 g/mol. The van der Waals surface area contributed by atoms with Gasteiger partial charge in [-0.3, -0.25) is 9.59 Å². The smallest absolute Gasteiger partial charge is 0.313 e. The zero-order chi connectivity index (χ0) is 22.4. The highest BCUT2D eigenvalue weighted by Gasteiger charge is 2.35. The van der Waals surface area contributed by atoms with Gasteiger partial charge in [-0.1, -0.05) is 12.1 Å². The number of anilines is 1. The molecule has 0 aliphatic carbocycles. The highest BCUT2D eigenvalue weighted by atomic mass is 32.2. The molecule has 1 aliphatic rings.